The maximum Gasteiger partial charge on any atom is 0.262 e. The van der Waals surface area contributed by atoms with E-state index in [1.165, 1.54) is 5.56 Å². The molecule has 3 rings (SSSR count). The summed E-state index contributed by atoms with van der Waals surface area (Å²) >= 11 is 0. The molecule has 0 bridgehead atoms. The summed E-state index contributed by atoms with van der Waals surface area (Å²) < 4.78 is 5.56. The van der Waals surface area contributed by atoms with Gasteiger partial charge in [-0.05, 0) is 47.9 Å². The van der Waals surface area contributed by atoms with E-state index in [0.717, 1.165) is 16.6 Å². The first-order valence-electron chi connectivity index (χ1n) is 8.00. The van der Waals surface area contributed by atoms with Gasteiger partial charge in [-0.3, -0.25) is 9.78 Å². The molecule has 0 atom stereocenters. The van der Waals surface area contributed by atoms with Gasteiger partial charge in [-0.15, -0.1) is 0 Å². The van der Waals surface area contributed by atoms with E-state index in [1.807, 2.05) is 54.6 Å². The molecule has 0 unspecified atom stereocenters. The lowest BCUT2D eigenvalue weighted by molar-refractivity contribution is -0.118. The van der Waals surface area contributed by atoms with Gasteiger partial charge in [0.05, 0.1) is 11.2 Å². The van der Waals surface area contributed by atoms with Crippen LogP contribution in [-0.2, 0) is 4.79 Å². The van der Waals surface area contributed by atoms with Crippen LogP contribution >= 0.6 is 0 Å². The van der Waals surface area contributed by atoms with Crippen LogP contribution in [0.4, 0.5) is 5.69 Å². The second-order valence-corrected chi connectivity index (χ2v) is 5.94. The lowest BCUT2D eigenvalue weighted by Gasteiger charge is -2.10. The Hall–Kier alpha value is -2.88. The molecule has 0 fully saturated rings. The first-order valence-corrected chi connectivity index (χ1v) is 8.00. The number of anilines is 1. The molecule has 0 aliphatic carbocycles. The molecule has 0 radical (unpaired) electrons. The van der Waals surface area contributed by atoms with Gasteiger partial charge in [-0.2, -0.15) is 0 Å². The Morgan fingerprint density at radius 1 is 1.08 bits per heavy atom. The van der Waals surface area contributed by atoms with Gasteiger partial charge in [-0.1, -0.05) is 32.0 Å². The Morgan fingerprint density at radius 3 is 2.62 bits per heavy atom. The molecule has 122 valence electrons. The number of amides is 1. The van der Waals surface area contributed by atoms with Crippen LogP contribution in [0, 0.1) is 0 Å². The topological polar surface area (TPSA) is 51.2 Å². The van der Waals surface area contributed by atoms with Crippen molar-refractivity contribution in [2.45, 2.75) is 19.8 Å². The second kappa shape index (κ2) is 7.13. The minimum atomic E-state index is -0.195. The van der Waals surface area contributed by atoms with Gasteiger partial charge >= 0.3 is 0 Å². The van der Waals surface area contributed by atoms with Gasteiger partial charge in [0.15, 0.2) is 6.61 Å². The lowest BCUT2D eigenvalue weighted by Crippen LogP contribution is -2.20. The maximum atomic E-state index is 12.1. The molecule has 1 heterocycles. The lowest BCUT2D eigenvalue weighted by atomic mass is 10.0. The van der Waals surface area contributed by atoms with Crippen LogP contribution in [0.3, 0.4) is 0 Å². The summed E-state index contributed by atoms with van der Waals surface area (Å²) in [4.78, 5) is 16.4. The molecule has 0 spiro atoms. The third-order valence-electron chi connectivity index (χ3n) is 3.84. The summed E-state index contributed by atoms with van der Waals surface area (Å²) in [5, 5.41) is 3.79. The van der Waals surface area contributed by atoms with Crippen LogP contribution < -0.4 is 10.1 Å². The number of rotatable bonds is 5. The summed E-state index contributed by atoms with van der Waals surface area (Å²) in [5.41, 5.74) is 2.83. The Morgan fingerprint density at radius 2 is 1.88 bits per heavy atom. The SMILES string of the molecule is CC(C)c1ccc(OCC(=O)Nc2cccc3ncccc23)cc1. The largest absolute Gasteiger partial charge is 0.484 e. The van der Waals surface area contributed by atoms with Gasteiger partial charge in [-0.25, -0.2) is 0 Å². The molecule has 24 heavy (non-hydrogen) atoms. The average Bonchev–Trinajstić information content (AvgIpc) is 2.61. The zero-order chi connectivity index (χ0) is 16.9. The highest BCUT2D eigenvalue weighted by molar-refractivity contribution is 6.01. The van der Waals surface area contributed by atoms with Crippen LogP contribution in [0.1, 0.15) is 25.3 Å². The highest BCUT2D eigenvalue weighted by Crippen LogP contribution is 2.21. The molecule has 0 saturated carbocycles. The molecule has 1 N–H and O–H groups in total. The van der Waals surface area contributed by atoms with Crippen molar-refractivity contribution >= 4 is 22.5 Å². The van der Waals surface area contributed by atoms with Crippen molar-refractivity contribution in [3.8, 4) is 5.75 Å². The molecule has 4 nitrogen and oxygen atoms in total. The summed E-state index contributed by atoms with van der Waals surface area (Å²) in [7, 11) is 0. The zero-order valence-electron chi connectivity index (χ0n) is 13.8. The summed E-state index contributed by atoms with van der Waals surface area (Å²) in [6, 6.07) is 17.3. The molecule has 2 aromatic carbocycles. The minimum Gasteiger partial charge on any atom is -0.484 e. The Bertz CT molecular complexity index is 836. The van der Waals surface area contributed by atoms with Crippen LogP contribution in [-0.4, -0.2) is 17.5 Å². The molecule has 1 aromatic heterocycles. The molecule has 0 saturated heterocycles. The van der Waals surface area contributed by atoms with E-state index in [2.05, 4.69) is 24.1 Å². The van der Waals surface area contributed by atoms with E-state index >= 15 is 0 Å². The molecule has 4 heteroatoms. The van der Waals surface area contributed by atoms with E-state index in [4.69, 9.17) is 4.74 Å². The van der Waals surface area contributed by atoms with Crippen molar-refractivity contribution in [1.29, 1.82) is 0 Å². The predicted octanol–water partition coefficient (Wildman–Crippen LogP) is 4.38. The van der Waals surface area contributed by atoms with Gasteiger partial charge in [0.25, 0.3) is 5.91 Å². The van der Waals surface area contributed by atoms with E-state index in [-0.39, 0.29) is 12.5 Å². The van der Waals surface area contributed by atoms with Gasteiger partial charge in [0, 0.05) is 11.6 Å². The van der Waals surface area contributed by atoms with Crippen LogP contribution in [0.2, 0.25) is 0 Å². The van der Waals surface area contributed by atoms with Gasteiger partial charge in [0.2, 0.25) is 0 Å². The number of hydrogen-bond acceptors (Lipinski definition) is 3. The standard InChI is InChI=1S/C20H20N2O2/c1-14(2)15-8-10-16(11-9-15)24-13-20(23)22-19-7-3-6-18-17(19)5-4-12-21-18/h3-12,14H,13H2,1-2H3,(H,22,23). The Balaban J connectivity index is 1.63. The van der Waals surface area contributed by atoms with Crippen LogP contribution in [0.25, 0.3) is 10.9 Å². The fourth-order valence-electron chi connectivity index (χ4n) is 2.50. The second-order valence-electron chi connectivity index (χ2n) is 5.94. The monoisotopic (exact) mass is 320 g/mol. The number of carbonyl (C=O) groups excluding carboxylic acids is 1. The summed E-state index contributed by atoms with van der Waals surface area (Å²) in [5.74, 6) is 0.968. The van der Waals surface area contributed by atoms with Crippen molar-refractivity contribution in [3.63, 3.8) is 0 Å². The van der Waals surface area contributed by atoms with Crippen LogP contribution in [0.5, 0.6) is 5.75 Å². The number of ether oxygens (including phenoxy) is 1. The summed E-state index contributed by atoms with van der Waals surface area (Å²) in [6.45, 7) is 4.25. The zero-order valence-corrected chi connectivity index (χ0v) is 13.8. The van der Waals surface area contributed by atoms with E-state index in [1.54, 1.807) is 6.20 Å². The van der Waals surface area contributed by atoms with E-state index < -0.39 is 0 Å². The van der Waals surface area contributed by atoms with Crippen molar-refractivity contribution in [2.75, 3.05) is 11.9 Å². The molecular weight excluding hydrogens is 300 g/mol. The molecular formula is C20H20N2O2. The number of aromatic nitrogens is 1. The molecule has 1 amide bonds. The molecule has 3 aromatic rings. The minimum absolute atomic E-state index is 0.0301. The quantitative estimate of drug-likeness (QED) is 0.759. The fourth-order valence-corrected chi connectivity index (χ4v) is 2.50. The number of nitrogens with zero attached hydrogens (tertiary/aromatic N) is 1. The Kier molecular flexibility index (Phi) is 4.75. The maximum absolute atomic E-state index is 12.1. The van der Waals surface area contributed by atoms with Crippen molar-refractivity contribution in [2.24, 2.45) is 0 Å². The highest BCUT2D eigenvalue weighted by atomic mass is 16.5. The highest BCUT2D eigenvalue weighted by Gasteiger charge is 2.07. The number of hydrogen-bond donors (Lipinski definition) is 1. The third-order valence-corrected chi connectivity index (χ3v) is 3.84. The van der Waals surface area contributed by atoms with E-state index in [0.29, 0.717) is 11.7 Å². The van der Waals surface area contributed by atoms with Gasteiger partial charge < -0.3 is 10.1 Å². The van der Waals surface area contributed by atoms with E-state index in [9.17, 15) is 4.79 Å². The fraction of sp³-hybridized carbons (Fsp3) is 0.200. The molecule has 0 aliphatic heterocycles. The number of nitrogens with one attached hydrogen (secondary N) is 1. The van der Waals surface area contributed by atoms with Crippen molar-refractivity contribution < 1.29 is 9.53 Å². The molecule has 0 aliphatic rings. The number of carbonyl (C=O) groups is 1. The van der Waals surface area contributed by atoms with Gasteiger partial charge in [0.1, 0.15) is 5.75 Å². The Labute approximate surface area is 141 Å². The number of benzene rings is 2. The van der Waals surface area contributed by atoms with Crippen molar-refractivity contribution in [1.82, 2.24) is 4.98 Å². The predicted molar refractivity (Wildman–Crippen MR) is 96.4 cm³/mol. The normalized spacial score (nSPS) is 10.8. The third kappa shape index (κ3) is 3.71. The first-order chi connectivity index (χ1) is 11.6. The smallest absolute Gasteiger partial charge is 0.262 e. The first kappa shape index (κ1) is 16.0. The summed E-state index contributed by atoms with van der Waals surface area (Å²) in [6.07, 6.45) is 1.73. The van der Waals surface area contributed by atoms with Crippen LogP contribution in [0.15, 0.2) is 60.8 Å². The van der Waals surface area contributed by atoms with Crippen molar-refractivity contribution in [3.05, 3.63) is 66.4 Å². The average molecular weight is 320 g/mol. The number of fused-ring (bicyclic) bond motifs is 1. The number of pyridine rings is 1.